The Kier molecular flexibility index (Phi) is 7.34. The minimum absolute atomic E-state index is 0.319. The summed E-state index contributed by atoms with van der Waals surface area (Å²) in [6, 6.07) is 5.43. The lowest BCUT2D eigenvalue weighted by molar-refractivity contribution is -0.198. The smallest absolute Gasteiger partial charge is 0.355 e. The van der Waals surface area contributed by atoms with Gasteiger partial charge in [0.2, 0.25) is 9.84 Å². The van der Waals surface area contributed by atoms with Crippen LogP contribution < -0.4 is 5.32 Å². The molecule has 1 atom stereocenters. The quantitative estimate of drug-likeness (QED) is 0.513. The average Bonchev–Trinajstić information content (AvgIpc) is 2.52. The topological polar surface area (TPSA) is 102 Å². The van der Waals surface area contributed by atoms with Crippen LogP contribution in [0.5, 0.6) is 0 Å². The highest BCUT2D eigenvalue weighted by atomic mass is 32.2. The SMILES string of the molecule is CCCOCOC(O)(C(=O)Nc1c(C)cccc1CC)S(C)(=O)=O. The van der Waals surface area contributed by atoms with Gasteiger partial charge in [-0.05, 0) is 30.9 Å². The molecule has 8 heteroatoms. The minimum atomic E-state index is -4.26. The van der Waals surface area contributed by atoms with Crippen LogP contribution in [0.15, 0.2) is 18.2 Å². The Morgan fingerprint density at radius 2 is 2.00 bits per heavy atom. The summed E-state index contributed by atoms with van der Waals surface area (Å²) in [7, 11) is -4.26. The first-order valence-corrected chi connectivity index (χ1v) is 9.60. The van der Waals surface area contributed by atoms with E-state index >= 15 is 0 Å². The number of aliphatic hydroxyl groups is 1. The molecule has 0 aliphatic carbocycles. The summed E-state index contributed by atoms with van der Waals surface area (Å²) in [6.45, 7) is 5.35. The third-order valence-corrected chi connectivity index (χ3v) is 4.76. The molecule has 0 radical (unpaired) electrons. The lowest BCUT2D eigenvalue weighted by atomic mass is 10.1. The van der Waals surface area contributed by atoms with E-state index in [0.29, 0.717) is 25.1 Å². The maximum absolute atomic E-state index is 12.4. The van der Waals surface area contributed by atoms with Gasteiger partial charge in [0.1, 0.15) is 0 Å². The number of sulfone groups is 1. The number of hydrogen-bond donors (Lipinski definition) is 2. The molecule has 2 N–H and O–H groups in total. The number of rotatable bonds is 9. The number of benzene rings is 1. The number of hydrogen-bond acceptors (Lipinski definition) is 6. The van der Waals surface area contributed by atoms with E-state index in [0.717, 1.165) is 17.4 Å². The van der Waals surface area contributed by atoms with Gasteiger partial charge in [0.05, 0.1) is 0 Å². The second-order valence-electron chi connectivity index (χ2n) is 5.44. The molecule has 0 saturated carbocycles. The van der Waals surface area contributed by atoms with Crippen LogP contribution >= 0.6 is 0 Å². The third kappa shape index (κ3) is 4.76. The van der Waals surface area contributed by atoms with Gasteiger partial charge in [-0.2, -0.15) is 0 Å². The van der Waals surface area contributed by atoms with Crippen molar-refractivity contribution in [2.45, 2.75) is 38.7 Å². The molecule has 0 aliphatic rings. The zero-order chi connectivity index (χ0) is 18.4. The highest BCUT2D eigenvalue weighted by molar-refractivity contribution is 7.92. The Labute approximate surface area is 142 Å². The predicted molar refractivity (Wildman–Crippen MR) is 91.2 cm³/mol. The first kappa shape index (κ1) is 20.6. The molecule has 0 aromatic heterocycles. The summed E-state index contributed by atoms with van der Waals surface area (Å²) >= 11 is 0. The molecule has 0 saturated heterocycles. The molecule has 24 heavy (non-hydrogen) atoms. The summed E-state index contributed by atoms with van der Waals surface area (Å²) in [5, 5.41) is 9.78. The van der Waals surface area contributed by atoms with Crippen LogP contribution in [0.1, 0.15) is 31.4 Å². The lowest BCUT2D eigenvalue weighted by Gasteiger charge is -2.25. The maximum Gasteiger partial charge on any atom is 0.355 e. The molecular weight excluding hydrogens is 334 g/mol. The van der Waals surface area contributed by atoms with Crippen LogP contribution in [0.4, 0.5) is 5.69 Å². The molecule has 136 valence electrons. The Balaban J connectivity index is 3.06. The Bertz CT molecular complexity index is 673. The van der Waals surface area contributed by atoms with Crippen molar-refractivity contribution < 1.29 is 27.8 Å². The van der Waals surface area contributed by atoms with E-state index in [1.165, 1.54) is 0 Å². The molecule has 1 unspecified atom stereocenters. The molecule has 0 fully saturated rings. The van der Waals surface area contributed by atoms with E-state index in [4.69, 9.17) is 9.47 Å². The fourth-order valence-electron chi connectivity index (χ4n) is 2.06. The number of ether oxygens (including phenoxy) is 2. The number of amides is 1. The fraction of sp³-hybridized carbons (Fsp3) is 0.562. The highest BCUT2D eigenvalue weighted by Gasteiger charge is 2.48. The summed E-state index contributed by atoms with van der Waals surface area (Å²) in [5.74, 6) is -1.17. The lowest BCUT2D eigenvalue weighted by Crippen LogP contribution is -2.52. The Morgan fingerprint density at radius 1 is 1.33 bits per heavy atom. The van der Waals surface area contributed by atoms with Crippen LogP contribution in [0.3, 0.4) is 0 Å². The second kappa shape index (κ2) is 8.57. The Hall–Kier alpha value is -1.48. The van der Waals surface area contributed by atoms with Crippen LogP contribution in [0.2, 0.25) is 0 Å². The van der Waals surface area contributed by atoms with Crippen molar-refractivity contribution in [3.63, 3.8) is 0 Å². The molecule has 1 aromatic rings. The van der Waals surface area contributed by atoms with E-state index in [-0.39, 0.29) is 0 Å². The summed E-state index contributed by atoms with van der Waals surface area (Å²) in [4.78, 5) is 12.4. The van der Waals surface area contributed by atoms with Crippen LogP contribution in [0, 0.1) is 6.92 Å². The van der Waals surface area contributed by atoms with Gasteiger partial charge in [-0.15, -0.1) is 0 Å². The van der Waals surface area contributed by atoms with E-state index in [1.54, 1.807) is 13.0 Å². The Morgan fingerprint density at radius 3 is 2.54 bits per heavy atom. The molecule has 0 aliphatic heterocycles. The normalized spacial score (nSPS) is 14.2. The standard InChI is InChI=1S/C16H25NO6S/c1-5-10-22-11-23-16(19,24(4,20)21)15(18)17-14-12(3)8-7-9-13(14)6-2/h7-9,19H,5-6,10-11H2,1-4H3,(H,17,18). The van der Waals surface area contributed by atoms with Crippen molar-refractivity contribution >= 4 is 21.4 Å². The largest absolute Gasteiger partial charge is 0.355 e. The van der Waals surface area contributed by atoms with E-state index in [2.05, 4.69) is 5.32 Å². The van der Waals surface area contributed by atoms with Crippen molar-refractivity contribution in [3.05, 3.63) is 29.3 Å². The van der Waals surface area contributed by atoms with Gasteiger partial charge in [-0.1, -0.05) is 32.0 Å². The third-order valence-electron chi connectivity index (χ3n) is 3.45. The van der Waals surface area contributed by atoms with Gasteiger partial charge in [-0.3, -0.25) is 4.79 Å². The van der Waals surface area contributed by atoms with Crippen molar-refractivity contribution in [1.82, 2.24) is 0 Å². The van der Waals surface area contributed by atoms with Crippen LogP contribution in [-0.4, -0.2) is 44.2 Å². The van der Waals surface area contributed by atoms with Gasteiger partial charge in [0, 0.05) is 18.6 Å². The molecule has 1 aromatic carbocycles. The van der Waals surface area contributed by atoms with Gasteiger partial charge >= 0.3 is 11.0 Å². The van der Waals surface area contributed by atoms with Gasteiger partial charge in [0.25, 0.3) is 0 Å². The summed E-state index contributed by atoms with van der Waals surface area (Å²) in [5.41, 5.74) is 2.03. The van der Waals surface area contributed by atoms with Gasteiger partial charge < -0.3 is 19.9 Å². The molecule has 1 rings (SSSR count). The number of carbonyl (C=O) groups is 1. The zero-order valence-corrected chi connectivity index (χ0v) is 15.3. The summed E-state index contributed by atoms with van der Waals surface area (Å²) in [6.07, 6.45) is 2.05. The fourth-order valence-corrected chi connectivity index (χ4v) is 2.71. The molecule has 0 spiro atoms. The van der Waals surface area contributed by atoms with E-state index < -0.39 is 27.7 Å². The molecule has 0 heterocycles. The zero-order valence-electron chi connectivity index (χ0n) is 14.5. The minimum Gasteiger partial charge on any atom is -0.355 e. The predicted octanol–water partition coefficient (Wildman–Crippen LogP) is 1.59. The average molecular weight is 359 g/mol. The van der Waals surface area contributed by atoms with Gasteiger partial charge in [-0.25, -0.2) is 8.42 Å². The number of para-hydroxylation sites is 1. The molecule has 7 nitrogen and oxygen atoms in total. The number of aryl methyl sites for hydroxylation is 2. The first-order valence-electron chi connectivity index (χ1n) is 7.71. The van der Waals surface area contributed by atoms with Crippen molar-refractivity contribution in [3.8, 4) is 0 Å². The van der Waals surface area contributed by atoms with Crippen molar-refractivity contribution in [2.75, 3.05) is 25.0 Å². The number of anilines is 1. The number of nitrogens with one attached hydrogen (secondary N) is 1. The first-order chi connectivity index (χ1) is 11.2. The number of carbonyl (C=O) groups excluding carboxylic acids is 1. The summed E-state index contributed by atoms with van der Waals surface area (Å²) < 4.78 is 33.7. The maximum atomic E-state index is 12.4. The second-order valence-corrected chi connectivity index (χ2v) is 7.54. The molecular formula is C16H25NO6S. The van der Waals surface area contributed by atoms with Gasteiger partial charge in [0.15, 0.2) is 6.79 Å². The van der Waals surface area contributed by atoms with Crippen molar-refractivity contribution in [1.29, 1.82) is 0 Å². The van der Waals surface area contributed by atoms with Crippen molar-refractivity contribution in [2.24, 2.45) is 0 Å². The highest BCUT2D eigenvalue weighted by Crippen LogP contribution is 2.24. The molecule has 0 bridgehead atoms. The molecule has 1 amide bonds. The van der Waals surface area contributed by atoms with Crippen LogP contribution in [0.25, 0.3) is 0 Å². The monoisotopic (exact) mass is 359 g/mol. The van der Waals surface area contributed by atoms with Crippen LogP contribution in [-0.2, 0) is 30.5 Å². The van der Waals surface area contributed by atoms with E-state index in [1.807, 2.05) is 26.0 Å². The van der Waals surface area contributed by atoms with E-state index in [9.17, 15) is 18.3 Å².